The zero-order chi connectivity index (χ0) is 22.5. The molecule has 8 atom stereocenters. The molecule has 4 aliphatic rings. The second-order valence-corrected chi connectivity index (χ2v) is 11.7. The lowest BCUT2D eigenvalue weighted by Gasteiger charge is -2.43. The van der Waals surface area contributed by atoms with Crippen LogP contribution in [0, 0.1) is 29.6 Å². The minimum absolute atomic E-state index is 0.0196. The van der Waals surface area contributed by atoms with Crippen LogP contribution in [0.3, 0.4) is 0 Å². The van der Waals surface area contributed by atoms with Crippen molar-refractivity contribution in [2.75, 3.05) is 0 Å². The average molecular weight is 491 g/mol. The highest BCUT2D eigenvalue weighted by Crippen LogP contribution is 2.68. The number of carbonyl (C=O) groups is 3. The first-order chi connectivity index (χ1) is 15.3. The number of nitrogens with one attached hydrogen (secondary N) is 1. The van der Waals surface area contributed by atoms with Gasteiger partial charge in [-0.3, -0.25) is 19.3 Å². The number of nitrogens with zero attached hydrogens (tertiary/aromatic N) is 1. The number of likely N-dealkylation sites (tertiary alicyclic amines) is 1. The van der Waals surface area contributed by atoms with E-state index in [0.717, 1.165) is 26.8 Å². The van der Waals surface area contributed by atoms with Gasteiger partial charge in [-0.2, -0.15) is 0 Å². The molecule has 166 valence electrons. The summed E-state index contributed by atoms with van der Waals surface area (Å²) in [6.45, 7) is 1.39. The van der Waals surface area contributed by atoms with E-state index < -0.39 is 23.8 Å². The van der Waals surface area contributed by atoms with Gasteiger partial charge in [-0.15, -0.1) is 11.8 Å². The number of thiazole rings is 1. The van der Waals surface area contributed by atoms with Gasteiger partial charge >= 0.3 is 10.8 Å². The smallest absolute Gasteiger partial charge is 0.326 e. The number of H-pyrrole nitrogens is 1. The van der Waals surface area contributed by atoms with Gasteiger partial charge in [0.1, 0.15) is 6.04 Å². The summed E-state index contributed by atoms with van der Waals surface area (Å²) >= 11 is 8.93. The van der Waals surface area contributed by atoms with E-state index in [0.29, 0.717) is 5.02 Å². The van der Waals surface area contributed by atoms with Gasteiger partial charge in [0, 0.05) is 21.1 Å². The summed E-state index contributed by atoms with van der Waals surface area (Å²) in [7, 11) is 0. The Hall–Kier alpha value is -2.10. The van der Waals surface area contributed by atoms with Crippen molar-refractivity contribution < 1.29 is 19.5 Å². The van der Waals surface area contributed by atoms with Gasteiger partial charge in [-0.1, -0.05) is 35.1 Å². The van der Waals surface area contributed by atoms with E-state index in [4.69, 9.17) is 11.6 Å². The molecule has 10 heteroatoms. The van der Waals surface area contributed by atoms with Crippen molar-refractivity contribution in [1.82, 2.24) is 9.88 Å². The molecule has 3 heterocycles. The third kappa shape index (κ3) is 2.61. The maximum Gasteiger partial charge on any atom is 0.326 e. The first kappa shape index (κ1) is 20.5. The lowest BCUT2D eigenvalue weighted by Crippen LogP contribution is -2.44. The zero-order valence-electron chi connectivity index (χ0n) is 16.9. The van der Waals surface area contributed by atoms with Crippen LogP contribution >= 0.6 is 34.7 Å². The molecule has 2 aromatic rings. The fraction of sp³-hybridized carbons (Fsp3) is 0.455. The van der Waals surface area contributed by atoms with Gasteiger partial charge < -0.3 is 10.1 Å². The van der Waals surface area contributed by atoms with Crippen molar-refractivity contribution in [2.24, 2.45) is 29.6 Å². The van der Waals surface area contributed by atoms with Crippen LogP contribution in [-0.2, 0) is 14.4 Å². The fourth-order valence-corrected chi connectivity index (χ4v) is 9.59. The highest BCUT2D eigenvalue weighted by atomic mass is 35.5. The van der Waals surface area contributed by atoms with Crippen LogP contribution in [0.25, 0.3) is 0 Å². The average Bonchev–Trinajstić information content (AvgIpc) is 3.47. The topological polar surface area (TPSA) is 108 Å². The molecule has 7 nitrogen and oxygen atoms in total. The van der Waals surface area contributed by atoms with Gasteiger partial charge in [-0.05, 0) is 48.8 Å². The minimum atomic E-state index is -1.18. The van der Waals surface area contributed by atoms with E-state index in [1.165, 1.54) is 18.3 Å². The molecule has 2 amide bonds. The molecule has 1 aromatic heterocycles. The molecule has 0 radical (unpaired) electrons. The standard InChI is InChI=1S/C22H19ClN2O5S2/c1-7(21(28)29)25-19(26)14-10-6-11(15(14)20(25)27)16-13(10)12(8-2-4-9(23)5-3-8)17-18(31-16)24-22(30)32-17/h2-5,7,10-16H,6H2,1H3,(H,24,30)(H,28,29)/t7-,10+,11-,12-,13-,14-,15-,16+/m0/s1. The Morgan fingerprint density at radius 2 is 1.81 bits per heavy atom. The molecular formula is C22H19ClN2O5S2. The molecule has 2 aliphatic carbocycles. The summed E-state index contributed by atoms with van der Waals surface area (Å²) in [6.07, 6.45) is 0.772. The molecule has 32 heavy (non-hydrogen) atoms. The predicted octanol–water partition coefficient (Wildman–Crippen LogP) is 3.04. The number of halogens is 1. The van der Waals surface area contributed by atoms with E-state index in [9.17, 15) is 24.3 Å². The van der Waals surface area contributed by atoms with Gasteiger partial charge in [0.15, 0.2) is 0 Å². The summed E-state index contributed by atoms with van der Waals surface area (Å²) in [5.41, 5.74) is 1.04. The summed E-state index contributed by atoms with van der Waals surface area (Å²) < 4.78 is 0. The number of benzene rings is 1. The summed E-state index contributed by atoms with van der Waals surface area (Å²) in [6, 6.07) is 6.44. The molecule has 0 spiro atoms. The lowest BCUT2D eigenvalue weighted by atomic mass is 9.68. The lowest BCUT2D eigenvalue weighted by molar-refractivity contribution is -0.154. The van der Waals surface area contributed by atoms with E-state index in [-0.39, 0.29) is 45.6 Å². The van der Waals surface area contributed by atoms with E-state index in [1.807, 2.05) is 24.3 Å². The molecule has 0 unspecified atom stereocenters. The number of fused-ring (bicyclic) bond motifs is 9. The number of thioether (sulfide) groups is 1. The Morgan fingerprint density at radius 3 is 2.47 bits per heavy atom. The molecule has 1 aromatic carbocycles. The Balaban J connectivity index is 1.45. The first-order valence-electron chi connectivity index (χ1n) is 10.5. The maximum atomic E-state index is 13.3. The number of aromatic amines is 1. The first-order valence-corrected chi connectivity index (χ1v) is 12.6. The van der Waals surface area contributed by atoms with Crippen LogP contribution in [0.2, 0.25) is 5.02 Å². The molecule has 2 bridgehead atoms. The molecule has 2 aliphatic heterocycles. The summed E-state index contributed by atoms with van der Waals surface area (Å²) in [4.78, 5) is 55.1. The highest BCUT2D eigenvalue weighted by Gasteiger charge is 2.70. The van der Waals surface area contributed by atoms with E-state index in [2.05, 4.69) is 4.98 Å². The van der Waals surface area contributed by atoms with Crippen LogP contribution in [0.4, 0.5) is 0 Å². The molecular weight excluding hydrogens is 472 g/mol. The quantitative estimate of drug-likeness (QED) is 0.640. The van der Waals surface area contributed by atoms with Crippen molar-refractivity contribution in [1.29, 1.82) is 0 Å². The number of imide groups is 1. The number of aromatic nitrogens is 1. The fourth-order valence-electron chi connectivity index (χ4n) is 6.58. The van der Waals surface area contributed by atoms with Crippen LogP contribution in [-0.4, -0.2) is 44.1 Å². The third-order valence-corrected chi connectivity index (χ3v) is 10.6. The number of carboxylic acids is 1. The van der Waals surface area contributed by atoms with E-state index in [1.54, 1.807) is 11.8 Å². The summed E-state index contributed by atoms with van der Waals surface area (Å²) in [5.74, 6) is -2.87. The number of carbonyl (C=O) groups excluding carboxylic acids is 2. The van der Waals surface area contributed by atoms with Gasteiger partial charge in [0.05, 0.1) is 16.9 Å². The molecule has 2 N–H and O–H groups in total. The number of aliphatic carboxylic acids is 1. The Morgan fingerprint density at radius 1 is 1.16 bits per heavy atom. The number of hydrogen-bond donors (Lipinski definition) is 2. The van der Waals surface area contributed by atoms with Gasteiger partial charge in [0.2, 0.25) is 11.8 Å². The predicted molar refractivity (Wildman–Crippen MR) is 119 cm³/mol. The van der Waals surface area contributed by atoms with E-state index >= 15 is 0 Å². The van der Waals surface area contributed by atoms with Crippen LogP contribution in [0.5, 0.6) is 0 Å². The largest absolute Gasteiger partial charge is 0.480 e. The van der Waals surface area contributed by atoms with Crippen molar-refractivity contribution in [3.05, 3.63) is 49.4 Å². The van der Waals surface area contributed by atoms with Crippen molar-refractivity contribution >= 4 is 52.5 Å². The van der Waals surface area contributed by atoms with Gasteiger partial charge in [-0.25, -0.2) is 4.79 Å². The third-order valence-electron chi connectivity index (χ3n) is 7.73. The van der Waals surface area contributed by atoms with Crippen molar-refractivity contribution in [3.8, 4) is 0 Å². The number of amides is 2. The Kier molecular flexibility index (Phi) is 4.45. The second kappa shape index (κ2) is 6.95. The number of hydrogen-bond acceptors (Lipinski definition) is 6. The van der Waals surface area contributed by atoms with Gasteiger partial charge in [0.25, 0.3) is 0 Å². The summed E-state index contributed by atoms with van der Waals surface area (Å²) in [5, 5.41) is 11.0. The normalized spacial score (nSPS) is 35.6. The number of carboxylic acid groups (broad SMARTS) is 1. The van der Waals surface area contributed by atoms with Crippen molar-refractivity contribution in [3.63, 3.8) is 0 Å². The highest BCUT2D eigenvalue weighted by molar-refractivity contribution is 8.00. The number of rotatable bonds is 3. The van der Waals surface area contributed by atoms with Crippen molar-refractivity contribution in [2.45, 2.75) is 35.6 Å². The molecule has 6 rings (SSSR count). The van der Waals surface area contributed by atoms with Crippen LogP contribution in [0.15, 0.2) is 34.1 Å². The second-order valence-electron chi connectivity index (χ2n) is 9.07. The SMILES string of the molecule is C[C@@H](C(=O)O)N1C(=O)[C@H]2[C@@H]3C[C@@H]([C@@H]2C1=O)[C@H]1[C@H](c2ccc(Cl)cc2)c2sc(=O)[nH]c2S[C@H]31. The monoisotopic (exact) mass is 490 g/mol. The molecule has 3 fully saturated rings. The van der Waals surface area contributed by atoms with Crippen LogP contribution in [0.1, 0.15) is 29.7 Å². The zero-order valence-corrected chi connectivity index (χ0v) is 19.2. The Labute approximate surface area is 196 Å². The van der Waals surface area contributed by atoms with Crippen LogP contribution < -0.4 is 4.87 Å². The maximum absolute atomic E-state index is 13.3. The molecule has 1 saturated heterocycles. The minimum Gasteiger partial charge on any atom is -0.480 e. The molecule has 2 saturated carbocycles. The Bertz CT molecular complexity index is 1220.